The Morgan fingerprint density at radius 3 is 2.48 bits per heavy atom. The van der Waals surface area contributed by atoms with E-state index in [1.54, 1.807) is 0 Å². The van der Waals surface area contributed by atoms with Gasteiger partial charge in [-0.3, -0.25) is 0 Å². The SMILES string of the molecule is O=C(Nc1ccc(CC2CCC(COc3ccccc3)C2)cc1)N1CCNCC1. The number of carbonyl (C=O) groups is 1. The maximum absolute atomic E-state index is 12.3. The quantitative estimate of drug-likeness (QED) is 0.775. The number of piperazine rings is 1. The predicted octanol–water partition coefficient (Wildman–Crippen LogP) is 4.16. The van der Waals surface area contributed by atoms with Gasteiger partial charge in [0.05, 0.1) is 6.61 Å². The Kier molecular flexibility index (Phi) is 6.67. The van der Waals surface area contributed by atoms with Crippen molar-refractivity contribution in [3.8, 4) is 5.75 Å². The van der Waals surface area contributed by atoms with E-state index in [2.05, 4.69) is 22.8 Å². The van der Waals surface area contributed by atoms with Crippen molar-refractivity contribution in [1.82, 2.24) is 10.2 Å². The minimum Gasteiger partial charge on any atom is -0.493 e. The van der Waals surface area contributed by atoms with Gasteiger partial charge in [-0.1, -0.05) is 30.3 Å². The second-order valence-electron chi connectivity index (χ2n) is 8.24. The Morgan fingerprint density at radius 1 is 1.00 bits per heavy atom. The highest BCUT2D eigenvalue weighted by Crippen LogP contribution is 2.33. The lowest BCUT2D eigenvalue weighted by molar-refractivity contribution is 0.204. The molecule has 0 radical (unpaired) electrons. The maximum Gasteiger partial charge on any atom is 0.321 e. The van der Waals surface area contributed by atoms with Crippen LogP contribution in [0.1, 0.15) is 24.8 Å². The molecule has 2 N–H and O–H groups in total. The molecule has 1 aliphatic carbocycles. The summed E-state index contributed by atoms with van der Waals surface area (Å²) >= 11 is 0. The van der Waals surface area contributed by atoms with Gasteiger partial charge in [-0.2, -0.15) is 0 Å². The van der Waals surface area contributed by atoms with Crippen LogP contribution in [0.4, 0.5) is 10.5 Å². The molecule has 2 atom stereocenters. The second-order valence-corrected chi connectivity index (χ2v) is 8.24. The van der Waals surface area contributed by atoms with Gasteiger partial charge >= 0.3 is 6.03 Å². The first-order chi connectivity index (χ1) is 14.3. The molecule has 1 aliphatic heterocycles. The van der Waals surface area contributed by atoms with E-state index in [1.807, 2.05) is 47.4 Å². The van der Waals surface area contributed by atoms with Crippen molar-refractivity contribution in [2.75, 3.05) is 38.1 Å². The number of para-hydroxylation sites is 1. The lowest BCUT2D eigenvalue weighted by atomic mass is 9.97. The van der Waals surface area contributed by atoms with Crippen molar-refractivity contribution in [1.29, 1.82) is 0 Å². The highest BCUT2D eigenvalue weighted by molar-refractivity contribution is 5.89. The molecule has 0 aromatic heterocycles. The number of urea groups is 1. The summed E-state index contributed by atoms with van der Waals surface area (Å²) in [7, 11) is 0. The van der Waals surface area contributed by atoms with Gasteiger partial charge in [0.2, 0.25) is 0 Å². The molecule has 1 heterocycles. The lowest BCUT2D eigenvalue weighted by Gasteiger charge is -2.27. The standard InChI is InChI=1S/C24H31N3O2/c28-24(27-14-12-25-13-15-27)26-22-10-8-19(9-11-22)16-20-6-7-21(17-20)18-29-23-4-2-1-3-5-23/h1-5,8-11,20-21,25H,6-7,12-18H2,(H,26,28). The van der Waals surface area contributed by atoms with Crippen LogP contribution >= 0.6 is 0 Å². The molecule has 2 aromatic carbocycles. The summed E-state index contributed by atoms with van der Waals surface area (Å²) in [6, 6.07) is 18.5. The topological polar surface area (TPSA) is 53.6 Å². The van der Waals surface area contributed by atoms with E-state index < -0.39 is 0 Å². The van der Waals surface area contributed by atoms with Crippen molar-refractivity contribution in [2.45, 2.75) is 25.7 Å². The lowest BCUT2D eigenvalue weighted by Crippen LogP contribution is -2.48. The summed E-state index contributed by atoms with van der Waals surface area (Å²) in [4.78, 5) is 14.2. The first kappa shape index (κ1) is 19.8. The number of ether oxygens (including phenoxy) is 1. The number of benzene rings is 2. The van der Waals surface area contributed by atoms with Crippen LogP contribution in [0.25, 0.3) is 0 Å². The fourth-order valence-corrected chi connectivity index (χ4v) is 4.37. The first-order valence-electron chi connectivity index (χ1n) is 10.8. The highest BCUT2D eigenvalue weighted by Gasteiger charge is 2.25. The van der Waals surface area contributed by atoms with Crippen LogP contribution in [0.15, 0.2) is 54.6 Å². The fourth-order valence-electron chi connectivity index (χ4n) is 4.37. The van der Waals surface area contributed by atoms with Crippen molar-refractivity contribution in [3.63, 3.8) is 0 Å². The monoisotopic (exact) mass is 393 g/mol. The molecule has 2 fully saturated rings. The van der Waals surface area contributed by atoms with Gasteiger partial charge in [0.1, 0.15) is 5.75 Å². The number of hydrogen-bond acceptors (Lipinski definition) is 3. The molecular weight excluding hydrogens is 362 g/mol. The number of hydrogen-bond donors (Lipinski definition) is 2. The molecule has 29 heavy (non-hydrogen) atoms. The van der Waals surface area contributed by atoms with E-state index in [-0.39, 0.29) is 6.03 Å². The van der Waals surface area contributed by atoms with Crippen LogP contribution in [-0.4, -0.2) is 43.7 Å². The minimum absolute atomic E-state index is 0.00343. The Morgan fingerprint density at radius 2 is 1.72 bits per heavy atom. The highest BCUT2D eigenvalue weighted by atomic mass is 16.5. The number of carbonyl (C=O) groups excluding carboxylic acids is 1. The summed E-state index contributed by atoms with van der Waals surface area (Å²) in [6.07, 6.45) is 4.85. The molecule has 0 bridgehead atoms. The number of nitrogens with one attached hydrogen (secondary N) is 2. The van der Waals surface area contributed by atoms with Gasteiger partial charge in [0, 0.05) is 31.9 Å². The molecular formula is C24H31N3O2. The van der Waals surface area contributed by atoms with Crippen molar-refractivity contribution >= 4 is 11.7 Å². The molecule has 5 heteroatoms. The van der Waals surface area contributed by atoms with Crippen molar-refractivity contribution in [2.24, 2.45) is 11.8 Å². The van der Waals surface area contributed by atoms with E-state index in [4.69, 9.17) is 4.74 Å². The van der Waals surface area contributed by atoms with E-state index in [9.17, 15) is 4.79 Å². The smallest absolute Gasteiger partial charge is 0.321 e. The Hall–Kier alpha value is -2.53. The average Bonchev–Trinajstić information content (AvgIpc) is 3.22. The second kappa shape index (κ2) is 9.79. The first-order valence-corrected chi connectivity index (χ1v) is 10.8. The molecule has 1 saturated heterocycles. The van der Waals surface area contributed by atoms with Gasteiger partial charge in [0.25, 0.3) is 0 Å². The zero-order valence-electron chi connectivity index (χ0n) is 17.0. The molecule has 5 nitrogen and oxygen atoms in total. The number of amides is 2. The van der Waals surface area contributed by atoms with Crippen LogP contribution < -0.4 is 15.4 Å². The normalized spacial score (nSPS) is 21.7. The molecule has 2 unspecified atom stereocenters. The Labute approximate surface area is 173 Å². The molecule has 0 spiro atoms. The van der Waals surface area contributed by atoms with Crippen LogP contribution in [0.2, 0.25) is 0 Å². The van der Waals surface area contributed by atoms with E-state index >= 15 is 0 Å². The molecule has 154 valence electrons. The third-order valence-corrected chi connectivity index (χ3v) is 6.01. The molecule has 1 saturated carbocycles. The van der Waals surface area contributed by atoms with Gasteiger partial charge in [-0.05, 0) is 67.3 Å². The van der Waals surface area contributed by atoms with Crippen LogP contribution in [0, 0.1) is 11.8 Å². The summed E-state index contributed by atoms with van der Waals surface area (Å²) in [5, 5.41) is 6.28. The minimum atomic E-state index is -0.00343. The molecule has 2 aromatic rings. The van der Waals surface area contributed by atoms with E-state index in [0.29, 0.717) is 5.92 Å². The third kappa shape index (κ3) is 5.73. The zero-order chi connectivity index (χ0) is 19.9. The average molecular weight is 394 g/mol. The van der Waals surface area contributed by atoms with Crippen molar-refractivity contribution < 1.29 is 9.53 Å². The third-order valence-electron chi connectivity index (χ3n) is 6.01. The molecule has 2 amide bonds. The van der Waals surface area contributed by atoms with Gasteiger partial charge in [-0.25, -0.2) is 4.79 Å². The fraction of sp³-hybridized carbons (Fsp3) is 0.458. The number of rotatable bonds is 6. The number of nitrogens with zero attached hydrogens (tertiary/aromatic N) is 1. The molecule has 2 aliphatic rings. The largest absolute Gasteiger partial charge is 0.493 e. The van der Waals surface area contributed by atoms with Gasteiger partial charge in [0.15, 0.2) is 0 Å². The summed E-state index contributed by atoms with van der Waals surface area (Å²) in [5.74, 6) is 2.34. The predicted molar refractivity (Wildman–Crippen MR) is 116 cm³/mol. The van der Waals surface area contributed by atoms with Crippen LogP contribution in [0.5, 0.6) is 5.75 Å². The van der Waals surface area contributed by atoms with Gasteiger partial charge in [-0.15, -0.1) is 0 Å². The summed E-state index contributed by atoms with van der Waals surface area (Å²) in [5.41, 5.74) is 2.22. The van der Waals surface area contributed by atoms with E-state index in [0.717, 1.165) is 56.6 Å². The van der Waals surface area contributed by atoms with E-state index in [1.165, 1.54) is 24.8 Å². The number of anilines is 1. The van der Waals surface area contributed by atoms with Crippen molar-refractivity contribution in [3.05, 3.63) is 60.2 Å². The molecule has 4 rings (SSSR count). The zero-order valence-corrected chi connectivity index (χ0v) is 17.0. The summed E-state index contributed by atoms with van der Waals surface area (Å²) in [6.45, 7) is 4.08. The summed E-state index contributed by atoms with van der Waals surface area (Å²) < 4.78 is 5.94. The maximum atomic E-state index is 12.3. The van der Waals surface area contributed by atoms with Crippen LogP contribution in [-0.2, 0) is 6.42 Å². The van der Waals surface area contributed by atoms with Gasteiger partial charge < -0.3 is 20.3 Å². The van der Waals surface area contributed by atoms with Crippen LogP contribution in [0.3, 0.4) is 0 Å². The Balaban J connectivity index is 1.21. The Bertz CT molecular complexity index is 772.